The maximum atomic E-state index is 6.18. The highest BCUT2D eigenvalue weighted by Crippen LogP contribution is 2.32. The predicted molar refractivity (Wildman–Crippen MR) is 94.2 cm³/mol. The molecule has 0 atom stereocenters. The van der Waals surface area contributed by atoms with Crippen molar-refractivity contribution in [1.29, 1.82) is 0 Å². The fraction of sp³-hybridized carbons (Fsp3) is 0.278. The monoisotopic (exact) mass is 327 g/mol. The van der Waals surface area contributed by atoms with Gasteiger partial charge in [0.1, 0.15) is 11.3 Å². The smallest absolute Gasteiger partial charge is 0.171 e. The van der Waals surface area contributed by atoms with Gasteiger partial charge in [-0.25, -0.2) is 0 Å². The standard InChI is InChI=1S/C18H18ClN3O/c1-21-7-9-22(10-8-21)14-4-2-3-13(11-14)17-12-16-18(23-17)15(19)5-6-20-16/h2-6,11-12H,7-10H2,1H3. The van der Waals surface area contributed by atoms with E-state index in [-0.39, 0.29) is 0 Å². The first-order valence-corrected chi connectivity index (χ1v) is 8.16. The van der Waals surface area contributed by atoms with Gasteiger partial charge in [-0.1, -0.05) is 23.7 Å². The van der Waals surface area contributed by atoms with Crippen molar-refractivity contribution in [2.24, 2.45) is 0 Å². The van der Waals surface area contributed by atoms with Crippen LogP contribution in [0.3, 0.4) is 0 Å². The van der Waals surface area contributed by atoms with E-state index in [0.29, 0.717) is 10.6 Å². The first-order valence-electron chi connectivity index (χ1n) is 7.79. The molecule has 0 N–H and O–H groups in total. The summed E-state index contributed by atoms with van der Waals surface area (Å²) in [4.78, 5) is 9.08. The van der Waals surface area contributed by atoms with Crippen molar-refractivity contribution in [3.05, 3.63) is 47.6 Å². The molecule has 3 aromatic rings. The van der Waals surface area contributed by atoms with E-state index in [0.717, 1.165) is 43.0 Å². The van der Waals surface area contributed by atoms with Gasteiger partial charge >= 0.3 is 0 Å². The number of benzene rings is 1. The Balaban J connectivity index is 1.68. The van der Waals surface area contributed by atoms with E-state index in [9.17, 15) is 0 Å². The van der Waals surface area contributed by atoms with Crippen molar-refractivity contribution in [2.45, 2.75) is 0 Å². The summed E-state index contributed by atoms with van der Waals surface area (Å²) in [5.41, 5.74) is 3.72. The third-order valence-electron chi connectivity index (χ3n) is 4.36. The summed E-state index contributed by atoms with van der Waals surface area (Å²) in [6.45, 7) is 4.28. The van der Waals surface area contributed by atoms with Crippen LogP contribution in [0.1, 0.15) is 0 Å². The number of fused-ring (bicyclic) bond motifs is 1. The number of rotatable bonds is 2. The molecule has 3 heterocycles. The number of halogens is 1. The Morgan fingerprint density at radius 2 is 1.91 bits per heavy atom. The van der Waals surface area contributed by atoms with Gasteiger partial charge in [-0.2, -0.15) is 0 Å². The van der Waals surface area contributed by atoms with Crippen LogP contribution in [0.15, 0.2) is 47.0 Å². The average Bonchev–Trinajstić information content (AvgIpc) is 3.01. The topological polar surface area (TPSA) is 32.5 Å². The zero-order valence-corrected chi connectivity index (χ0v) is 13.8. The normalized spacial score (nSPS) is 16.2. The molecule has 118 valence electrons. The van der Waals surface area contributed by atoms with Gasteiger partial charge in [0.05, 0.1) is 5.02 Å². The van der Waals surface area contributed by atoms with Crippen molar-refractivity contribution in [3.63, 3.8) is 0 Å². The number of piperazine rings is 1. The largest absolute Gasteiger partial charge is 0.453 e. The highest BCUT2D eigenvalue weighted by atomic mass is 35.5. The summed E-state index contributed by atoms with van der Waals surface area (Å²) in [5, 5.41) is 0.594. The van der Waals surface area contributed by atoms with Crippen LogP contribution >= 0.6 is 11.6 Å². The highest BCUT2D eigenvalue weighted by molar-refractivity contribution is 6.34. The average molecular weight is 328 g/mol. The van der Waals surface area contributed by atoms with Gasteiger partial charge in [-0.05, 0) is 25.2 Å². The SMILES string of the molecule is CN1CCN(c2cccc(-c3cc4nccc(Cl)c4o3)c2)CC1. The van der Waals surface area contributed by atoms with Gasteiger partial charge in [0, 0.05) is 49.7 Å². The van der Waals surface area contributed by atoms with Crippen LogP contribution in [0, 0.1) is 0 Å². The lowest BCUT2D eigenvalue weighted by molar-refractivity contribution is 0.313. The van der Waals surface area contributed by atoms with Crippen LogP contribution in [-0.4, -0.2) is 43.1 Å². The molecule has 4 rings (SSSR count). The molecule has 0 saturated carbocycles. The van der Waals surface area contributed by atoms with Crippen LogP contribution in [0.2, 0.25) is 5.02 Å². The Morgan fingerprint density at radius 3 is 2.70 bits per heavy atom. The van der Waals surface area contributed by atoms with E-state index in [4.69, 9.17) is 16.0 Å². The summed E-state index contributed by atoms with van der Waals surface area (Å²) in [7, 11) is 2.17. The molecule has 2 aromatic heterocycles. The second kappa shape index (κ2) is 5.87. The summed E-state index contributed by atoms with van der Waals surface area (Å²) in [5.74, 6) is 0.802. The molecule has 1 aliphatic heterocycles. The molecular weight excluding hydrogens is 310 g/mol. The molecule has 23 heavy (non-hydrogen) atoms. The van der Waals surface area contributed by atoms with E-state index in [1.54, 1.807) is 12.3 Å². The second-order valence-corrected chi connectivity index (χ2v) is 6.37. The molecule has 1 saturated heterocycles. The summed E-state index contributed by atoms with van der Waals surface area (Å²) in [6, 6.07) is 12.2. The second-order valence-electron chi connectivity index (χ2n) is 5.96. The molecule has 0 radical (unpaired) electrons. The molecule has 0 bridgehead atoms. The van der Waals surface area contributed by atoms with Gasteiger partial charge in [0.15, 0.2) is 5.58 Å². The minimum absolute atomic E-state index is 0.594. The molecule has 4 nitrogen and oxygen atoms in total. The Kier molecular flexibility index (Phi) is 3.71. The van der Waals surface area contributed by atoms with Crippen molar-refractivity contribution >= 4 is 28.4 Å². The maximum absolute atomic E-state index is 6.18. The number of furan rings is 1. The number of hydrogen-bond acceptors (Lipinski definition) is 4. The Labute approximate surface area is 140 Å². The third kappa shape index (κ3) is 2.80. The summed E-state index contributed by atoms with van der Waals surface area (Å²) < 4.78 is 5.92. The molecular formula is C18H18ClN3O. The number of nitrogens with zero attached hydrogens (tertiary/aromatic N) is 3. The first kappa shape index (κ1) is 14.5. The first-order chi connectivity index (χ1) is 11.2. The molecule has 0 amide bonds. The van der Waals surface area contributed by atoms with Crippen molar-refractivity contribution < 1.29 is 4.42 Å². The molecule has 1 aromatic carbocycles. The zero-order chi connectivity index (χ0) is 15.8. The summed E-state index contributed by atoms with van der Waals surface area (Å²) >= 11 is 6.18. The van der Waals surface area contributed by atoms with E-state index >= 15 is 0 Å². The van der Waals surface area contributed by atoms with Crippen LogP contribution < -0.4 is 4.90 Å². The number of pyridine rings is 1. The molecule has 5 heteroatoms. The molecule has 1 fully saturated rings. The van der Waals surface area contributed by atoms with Crippen molar-refractivity contribution in [3.8, 4) is 11.3 Å². The van der Waals surface area contributed by atoms with E-state index in [1.165, 1.54) is 5.69 Å². The number of anilines is 1. The minimum atomic E-state index is 0.594. The fourth-order valence-electron chi connectivity index (χ4n) is 2.97. The predicted octanol–water partition coefficient (Wildman–Crippen LogP) is 3.90. The van der Waals surface area contributed by atoms with Gasteiger partial charge in [-0.3, -0.25) is 4.98 Å². The maximum Gasteiger partial charge on any atom is 0.171 e. The minimum Gasteiger partial charge on any atom is -0.453 e. The zero-order valence-electron chi connectivity index (χ0n) is 13.0. The van der Waals surface area contributed by atoms with E-state index < -0.39 is 0 Å². The van der Waals surface area contributed by atoms with E-state index in [2.05, 4.69) is 46.1 Å². The fourth-order valence-corrected chi connectivity index (χ4v) is 3.16. The molecule has 1 aliphatic rings. The van der Waals surface area contributed by atoms with Crippen LogP contribution in [0.4, 0.5) is 5.69 Å². The highest BCUT2D eigenvalue weighted by Gasteiger charge is 2.16. The van der Waals surface area contributed by atoms with Gasteiger partial charge in [0.25, 0.3) is 0 Å². The van der Waals surface area contributed by atoms with Gasteiger partial charge in [-0.15, -0.1) is 0 Å². The number of hydrogen-bond donors (Lipinski definition) is 0. The van der Waals surface area contributed by atoms with E-state index in [1.807, 2.05) is 6.07 Å². The Morgan fingerprint density at radius 1 is 1.09 bits per heavy atom. The van der Waals surface area contributed by atoms with Crippen molar-refractivity contribution in [2.75, 3.05) is 38.1 Å². The quantitative estimate of drug-likeness (QED) is 0.714. The molecule has 0 unspecified atom stereocenters. The van der Waals surface area contributed by atoms with Crippen LogP contribution in [-0.2, 0) is 0 Å². The van der Waals surface area contributed by atoms with Crippen molar-refractivity contribution in [1.82, 2.24) is 9.88 Å². The third-order valence-corrected chi connectivity index (χ3v) is 4.66. The van der Waals surface area contributed by atoms with Crippen LogP contribution in [0.5, 0.6) is 0 Å². The number of aromatic nitrogens is 1. The molecule has 0 spiro atoms. The van der Waals surface area contributed by atoms with Gasteiger partial charge in [0.2, 0.25) is 0 Å². The van der Waals surface area contributed by atoms with Gasteiger partial charge < -0.3 is 14.2 Å². The summed E-state index contributed by atoms with van der Waals surface area (Å²) in [6.07, 6.45) is 1.70. The van der Waals surface area contributed by atoms with Crippen LogP contribution in [0.25, 0.3) is 22.4 Å². The Bertz CT molecular complexity index is 837. The molecule has 0 aliphatic carbocycles. The lowest BCUT2D eigenvalue weighted by atomic mass is 10.1. The Hall–Kier alpha value is -2.04. The lowest BCUT2D eigenvalue weighted by Crippen LogP contribution is -2.44. The lowest BCUT2D eigenvalue weighted by Gasteiger charge is -2.34. The number of likely N-dealkylation sites (N-methyl/N-ethyl adjacent to an activating group) is 1.